The maximum Gasteiger partial charge on any atom is 0.422 e. The van der Waals surface area contributed by atoms with Crippen molar-refractivity contribution in [1.82, 2.24) is 0 Å². The summed E-state index contributed by atoms with van der Waals surface area (Å²) in [7, 11) is -2.31. The monoisotopic (exact) mass is 702 g/mol. The zero-order valence-electron chi connectivity index (χ0n) is 30.0. The lowest BCUT2D eigenvalue weighted by Crippen LogP contribution is -2.34. The van der Waals surface area contributed by atoms with Gasteiger partial charge in [-0.15, -0.1) is 0 Å². The third-order valence-corrected chi connectivity index (χ3v) is 18.0. The molecule has 0 radical (unpaired) electrons. The molecule has 1 aromatic rings. The molecule has 0 nitrogen and oxygen atoms in total. The van der Waals surface area contributed by atoms with E-state index in [2.05, 4.69) is 27.7 Å². The Morgan fingerprint density at radius 1 is 0.543 bits per heavy atom. The molecular formula is C37H67AlF7P. The number of halogens is 7. The molecule has 0 N–H and O–H groups in total. The highest BCUT2D eigenvalue weighted by Gasteiger charge is 2.42. The summed E-state index contributed by atoms with van der Waals surface area (Å²) < 4.78 is 88.4. The van der Waals surface area contributed by atoms with Crippen LogP contribution in [0.1, 0.15) is 162 Å². The van der Waals surface area contributed by atoms with Gasteiger partial charge in [0.1, 0.15) is 23.9 Å². The molecule has 0 amide bonds. The first-order chi connectivity index (χ1) is 21.9. The molecule has 1 unspecified atom stereocenters. The van der Waals surface area contributed by atoms with Crippen molar-refractivity contribution < 1.29 is 30.7 Å². The van der Waals surface area contributed by atoms with Gasteiger partial charge in [0.15, 0.2) is 23.9 Å². The Labute approximate surface area is 281 Å². The predicted molar refractivity (Wildman–Crippen MR) is 191 cm³/mol. The van der Waals surface area contributed by atoms with Gasteiger partial charge < -0.3 is 0 Å². The van der Waals surface area contributed by atoms with Gasteiger partial charge in [-0.1, -0.05) is 156 Å². The normalized spacial score (nSPS) is 12.7. The number of unbranched alkanes of at least 4 members (excludes halogenated alkanes) is 16. The molecule has 0 bridgehead atoms. The first-order valence-electron chi connectivity index (χ1n) is 18.8. The number of hydrogen-bond donors (Lipinski definition) is 0. The van der Waals surface area contributed by atoms with Crippen molar-refractivity contribution >= 4 is 26.3 Å². The molecule has 272 valence electrons. The summed E-state index contributed by atoms with van der Waals surface area (Å²) in [5, 5.41) is 6.07. The molecule has 0 aromatic heterocycles. The van der Waals surface area contributed by atoms with Crippen LogP contribution in [0.3, 0.4) is 0 Å². The molecule has 46 heavy (non-hydrogen) atoms. The van der Waals surface area contributed by atoms with Gasteiger partial charge in [0.2, 0.25) is 0 Å². The summed E-state index contributed by atoms with van der Waals surface area (Å²) in [6.45, 7) is 10.6. The Morgan fingerprint density at radius 2 is 0.870 bits per heavy atom. The zero-order chi connectivity index (χ0) is 34.8. The number of rotatable bonds is 26. The van der Waals surface area contributed by atoms with Crippen molar-refractivity contribution in [3.63, 3.8) is 0 Å². The lowest BCUT2D eigenvalue weighted by atomic mass is 10.2. The smallest absolute Gasteiger partial charge is 0.206 e. The average Bonchev–Trinajstić information content (AvgIpc) is 3.01. The highest BCUT2D eigenvalue weighted by Crippen LogP contribution is 2.39. The highest BCUT2D eigenvalue weighted by molar-refractivity contribution is 7.64. The minimum Gasteiger partial charge on any atom is -0.206 e. The van der Waals surface area contributed by atoms with E-state index >= 15 is 0 Å². The molecule has 1 aromatic carbocycles. The lowest BCUT2D eigenvalue weighted by Gasteiger charge is -2.37. The summed E-state index contributed by atoms with van der Waals surface area (Å²) in [5.41, 5.74) is -2.30. The van der Waals surface area contributed by atoms with Gasteiger partial charge in [-0.05, 0) is 0 Å². The standard InChI is InChI=1S/C9H6F7P.4C7H15.Al/c1-17(3-10)5-2-4(11)7(12)6(8(5)13)9(14,15)16;4*1-3-5-7-6-4-2;/h2H,3H2,1H3;4*1,3-7H2,2H3;/q;;;;;-1/p+1. The van der Waals surface area contributed by atoms with E-state index in [1.165, 1.54) is 109 Å². The second-order valence-corrected chi connectivity index (χ2v) is 22.0. The molecule has 0 aliphatic carbocycles. The third-order valence-electron chi connectivity index (χ3n) is 9.78. The second kappa shape index (κ2) is 27.5. The molecule has 1 atom stereocenters. The Kier molecular flexibility index (Phi) is 27.3. The van der Waals surface area contributed by atoms with E-state index in [1.54, 1.807) is 46.8 Å². The second-order valence-electron chi connectivity index (χ2n) is 13.9. The van der Waals surface area contributed by atoms with Crippen LogP contribution in [0.15, 0.2) is 6.07 Å². The number of benzene rings is 1. The van der Waals surface area contributed by atoms with Crippen molar-refractivity contribution in [1.29, 1.82) is 0 Å². The fraction of sp³-hybridized carbons (Fsp3) is 0.838. The Bertz CT molecular complexity index is 817. The summed E-state index contributed by atoms with van der Waals surface area (Å²) >= 11 is -1.38. The van der Waals surface area contributed by atoms with E-state index < -0.39 is 61.9 Å². The van der Waals surface area contributed by atoms with E-state index in [4.69, 9.17) is 0 Å². The largest absolute Gasteiger partial charge is 0.422 e. The third kappa shape index (κ3) is 19.6. The van der Waals surface area contributed by atoms with Crippen LogP contribution < -0.4 is 5.30 Å². The first kappa shape index (κ1) is 45.7. The van der Waals surface area contributed by atoms with Crippen LogP contribution in [0.5, 0.6) is 0 Å². The molecule has 0 spiro atoms. The van der Waals surface area contributed by atoms with E-state index in [-0.39, 0.29) is 6.07 Å². The van der Waals surface area contributed by atoms with Crippen molar-refractivity contribution in [2.75, 3.05) is 13.1 Å². The zero-order valence-corrected chi connectivity index (χ0v) is 32.1. The summed E-state index contributed by atoms with van der Waals surface area (Å²) in [6, 6.07) is 0.285. The fourth-order valence-electron chi connectivity index (χ4n) is 6.82. The van der Waals surface area contributed by atoms with E-state index in [9.17, 15) is 30.7 Å². The van der Waals surface area contributed by atoms with Crippen LogP contribution in [0.4, 0.5) is 30.7 Å². The first-order valence-corrected chi connectivity index (χ1v) is 24.3. The topological polar surface area (TPSA) is 0 Å². The Balaban J connectivity index is 0.00000100. The SMILES string of the molecule is CCCCCC[CH2][Al-]([CH2]CCCCCC)([CH2]CCCCCC)[CH2]CCCCCC.C[PH+](CF)c1cc(F)c(F)c(C(F)(F)F)c1F. The van der Waals surface area contributed by atoms with Gasteiger partial charge in [0.25, 0.3) is 0 Å². The van der Waals surface area contributed by atoms with Gasteiger partial charge >= 0.3 is 6.18 Å². The molecule has 0 aliphatic heterocycles. The Hall–Kier alpha value is -0.308. The van der Waals surface area contributed by atoms with Crippen molar-refractivity contribution in [2.24, 2.45) is 0 Å². The van der Waals surface area contributed by atoms with Gasteiger partial charge in [-0.3, -0.25) is 0 Å². The molecule has 0 saturated carbocycles. The average molecular weight is 703 g/mol. The lowest BCUT2D eigenvalue weighted by molar-refractivity contribution is -0.142. The molecule has 0 heterocycles. The molecule has 0 aliphatic rings. The maximum absolute atomic E-state index is 13.4. The van der Waals surface area contributed by atoms with Gasteiger partial charge in [0.05, 0.1) is 14.6 Å². The van der Waals surface area contributed by atoms with Crippen molar-refractivity contribution in [3.05, 3.63) is 29.1 Å². The van der Waals surface area contributed by atoms with Gasteiger partial charge in [0, 0.05) is 6.07 Å². The van der Waals surface area contributed by atoms with Crippen LogP contribution in [0.2, 0.25) is 21.1 Å². The minimum absolute atomic E-state index is 0.285. The molecular weight excluding hydrogens is 635 g/mol. The van der Waals surface area contributed by atoms with Crippen molar-refractivity contribution in [3.8, 4) is 0 Å². The van der Waals surface area contributed by atoms with Gasteiger partial charge in [-0.25, -0.2) is 17.6 Å². The van der Waals surface area contributed by atoms with Gasteiger partial charge in [-0.2, -0.15) is 34.3 Å². The van der Waals surface area contributed by atoms with Crippen LogP contribution in [0, 0.1) is 17.5 Å². The molecule has 9 heteroatoms. The Morgan fingerprint density at radius 3 is 1.15 bits per heavy atom. The van der Waals surface area contributed by atoms with Crippen LogP contribution >= 0.6 is 7.92 Å². The van der Waals surface area contributed by atoms with Crippen LogP contribution in [-0.2, 0) is 6.18 Å². The molecule has 0 saturated heterocycles. The summed E-state index contributed by atoms with van der Waals surface area (Å²) in [6.07, 6.45) is 23.3. The highest BCUT2D eigenvalue weighted by atomic mass is 31.1. The molecule has 1 rings (SSSR count). The number of alkyl halides is 4. The summed E-state index contributed by atoms with van der Waals surface area (Å²) in [5.74, 6) is -6.05. The van der Waals surface area contributed by atoms with Crippen molar-refractivity contribution in [2.45, 2.75) is 183 Å². The van der Waals surface area contributed by atoms with E-state index in [0.717, 1.165) is 0 Å². The fourth-order valence-corrected chi connectivity index (χ4v) is 14.2. The maximum atomic E-state index is 13.4. The van der Waals surface area contributed by atoms with Crippen LogP contribution in [0.25, 0.3) is 0 Å². The van der Waals surface area contributed by atoms with Crippen LogP contribution in [-0.4, -0.2) is 26.2 Å². The van der Waals surface area contributed by atoms with E-state index in [1.807, 2.05) is 0 Å². The minimum atomic E-state index is -5.36. The van der Waals surface area contributed by atoms with E-state index in [0.29, 0.717) is 0 Å². The predicted octanol–water partition coefficient (Wildman–Crippen LogP) is 14.8. The number of hydrogen-bond acceptors (Lipinski definition) is 0. The quantitative estimate of drug-likeness (QED) is 0.0296. The summed E-state index contributed by atoms with van der Waals surface area (Å²) in [4.78, 5) is 0. The molecule has 0 fully saturated rings.